The first-order valence-electron chi connectivity index (χ1n) is 6.83. The smallest absolute Gasteiger partial charge is 0.161 e. The van der Waals surface area contributed by atoms with Crippen LogP contribution in [0.25, 0.3) is 21.8 Å². The highest BCUT2D eigenvalue weighted by Crippen LogP contribution is 2.40. The molecule has 2 N–H and O–H groups in total. The van der Waals surface area contributed by atoms with Crippen LogP contribution in [0.2, 0.25) is 0 Å². The Morgan fingerprint density at radius 1 is 0.957 bits per heavy atom. The maximum Gasteiger partial charge on any atom is 0.161 e. The molecule has 0 bridgehead atoms. The number of benzene rings is 2. The lowest BCUT2D eigenvalue weighted by molar-refractivity contribution is 0.355. The lowest BCUT2D eigenvalue weighted by Crippen LogP contribution is -1.90. The molecule has 0 aliphatic heterocycles. The Bertz CT molecular complexity index is 824. The molecule has 118 valence electrons. The van der Waals surface area contributed by atoms with Crippen LogP contribution in [-0.2, 0) is 0 Å². The maximum atomic E-state index is 9.94. The summed E-state index contributed by atoms with van der Waals surface area (Å²) in [7, 11) is 3.16. The lowest BCUT2D eigenvalue weighted by atomic mass is 10.1. The molecule has 0 aliphatic rings. The third-order valence-corrected chi connectivity index (χ3v) is 4.30. The lowest BCUT2D eigenvalue weighted by Gasteiger charge is -2.08. The maximum absolute atomic E-state index is 9.94. The van der Waals surface area contributed by atoms with Crippen LogP contribution in [0.15, 0.2) is 41.8 Å². The van der Waals surface area contributed by atoms with Crippen molar-refractivity contribution in [2.45, 2.75) is 0 Å². The molecule has 0 unspecified atom stereocenters. The van der Waals surface area contributed by atoms with E-state index in [4.69, 9.17) is 9.47 Å². The standard InChI is InChI=1S/C17H15NO4S/c1-21-14-7-6-10(8-15(14)22-2)17-18-11(9-23-17)16-12(19)4-3-5-13(16)20/h3-9,19-20H,1-2H3. The van der Waals surface area contributed by atoms with Gasteiger partial charge in [0.15, 0.2) is 11.5 Å². The van der Waals surface area contributed by atoms with Crippen molar-refractivity contribution in [3.05, 3.63) is 41.8 Å². The largest absolute Gasteiger partial charge is 0.507 e. The van der Waals surface area contributed by atoms with Crippen LogP contribution in [0.4, 0.5) is 0 Å². The first-order valence-corrected chi connectivity index (χ1v) is 7.71. The van der Waals surface area contributed by atoms with E-state index in [1.54, 1.807) is 25.7 Å². The molecule has 5 nitrogen and oxygen atoms in total. The number of rotatable bonds is 4. The van der Waals surface area contributed by atoms with Crippen molar-refractivity contribution in [1.82, 2.24) is 4.98 Å². The molecule has 0 spiro atoms. The molecule has 3 rings (SSSR count). The fraction of sp³-hybridized carbons (Fsp3) is 0.118. The summed E-state index contributed by atoms with van der Waals surface area (Å²) in [6.45, 7) is 0. The molecule has 6 heteroatoms. The van der Waals surface area contributed by atoms with Crippen LogP contribution in [0.1, 0.15) is 0 Å². The Hall–Kier alpha value is -2.73. The average molecular weight is 329 g/mol. The Labute approximate surface area is 137 Å². The summed E-state index contributed by atoms with van der Waals surface area (Å²) in [6.07, 6.45) is 0. The second-order valence-electron chi connectivity index (χ2n) is 4.78. The fourth-order valence-electron chi connectivity index (χ4n) is 2.28. The average Bonchev–Trinajstić information content (AvgIpc) is 3.03. The molecule has 0 saturated heterocycles. The number of aromatic hydroxyl groups is 2. The summed E-state index contributed by atoms with van der Waals surface area (Å²) in [4.78, 5) is 4.51. The molecule has 0 amide bonds. The molecular formula is C17H15NO4S. The van der Waals surface area contributed by atoms with Gasteiger partial charge in [0, 0.05) is 10.9 Å². The summed E-state index contributed by atoms with van der Waals surface area (Å²) >= 11 is 1.42. The number of phenolic OH excluding ortho intramolecular Hbond substituents is 2. The quantitative estimate of drug-likeness (QED) is 0.759. The second-order valence-corrected chi connectivity index (χ2v) is 5.64. The van der Waals surface area contributed by atoms with Gasteiger partial charge >= 0.3 is 0 Å². The van der Waals surface area contributed by atoms with Gasteiger partial charge in [0.1, 0.15) is 16.5 Å². The van der Waals surface area contributed by atoms with E-state index in [2.05, 4.69) is 4.98 Å². The van der Waals surface area contributed by atoms with Crippen molar-refractivity contribution in [2.24, 2.45) is 0 Å². The van der Waals surface area contributed by atoms with Gasteiger partial charge in [-0.15, -0.1) is 11.3 Å². The van der Waals surface area contributed by atoms with Crippen LogP contribution in [0.5, 0.6) is 23.0 Å². The minimum Gasteiger partial charge on any atom is -0.507 e. The fourth-order valence-corrected chi connectivity index (χ4v) is 3.09. The SMILES string of the molecule is COc1ccc(-c2nc(-c3c(O)cccc3O)cs2)cc1OC. The summed E-state index contributed by atoms with van der Waals surface area (Å²) < 4.78 is 10.5. The van der Waals surface area contributed by atoms with Crippen LogP contribution in [-0.4, -0.2) is 29.4 Å². The van der Waals surface area contributed by atoms with E-state index in [1.807, 2.05) is 18.2 Å². The minimum atomic E-state index is -0.00541. The van der Waals surface area contributed by atoms with Gasteiger partial charge < -0.3 is 19.7 Å². The number of thiazole rings is 1. The molecule has 0 radical (unpaired) electrons. The van der Waals surface area contributed by atoms with Gasteiger partial charge in [-0.05, 0) is 30.3 Å². The van der Waals surface area contributed by atoms with E-state index >= 15 is 0 Å². The van der Waals surface area contributed by atoms with Gasteiger partial charge in [-0.1, -0.05) is 6.07 Å². The first kappa shape index (κ1) is 15.2. The van der Waals surface area contributed by atoms with Crippen molar-refractivity contribution in [2.75, 3.05) is 14.2 Å². The van der Waals surface area contributed by atoms with E-state index in [0.717, 1.165) is 10.6 Å². The number of phenols is 2. The van der Waals surface area contributed by atoms with Crippen molar-refractivity contribution in [3.63, 3.8) is 0 Å². The van der Waals surface area contributed by atoms with E-state index in [-0.39, 0.29) is 11.5 Å². The van der Waals surface area contributed by atoms with Gasteiger partial charge in [0.05, 0.1) is 25.5 Å². The van der Waals surface area contributed by atoms with Gasteiger partial charge in [-0.3, -0.25) is 0 Å². The second kappa shape index (κ2) is 6.18. The highest BCUT2D eigenvalue weighted by Gasteiger charge is 2.15. The van der Waals surface area contributed by atoms with E-state index in [1.165, 1.54) is 23.5 Å². The van der Waals surface area contributed by atoms with Crippen LogP contribution >= 0.6 is 11.3 Å². The normalized spacial score (nSPS) is 10.5. The highest BCUT2D eigenvalue weighted by molar-refractivity contribution is 7.13. The Kier molecular flexibility index (Phi) is 4.08. The predicted molar refractivity (Wildman–Crippen MR) is 89.4 cm³/mol. The topological polar surface area (TPSA) is 71.8 Å². The molecule has 3 aromatic rings. The molecule has 1 heterocycles. The number of hydrogen-bond donors (Lipinski definition) is 2. The molecule has 0 atom stereocenters. The number of hydrogen-bond acceptors (Lipinski definition) is 6. The van der Waals surface area contributed by atoms with Gasteiger partial charge in [0.2, 0.25) is 0 Å². The van der Waals surface area contributed by atoms with Crippen molar-refractivity contribution < 1.29 is 19.7 Å². The van der Waals surface area contributed by atoms with Gasteiger partial charge in [-0.2, -0.15) is 0 Å². The summed E-state index contributed by atoms with van der Waals surface area (Å²) in [5, 5.41) is 22.4. The highest BCUT2D eigenvalue weighted by atomic mass is 32.1. The summed E-state index contributed by atoms with van der Waals surface area (Å²) in [5.74, 6) is 1.25. The Morgan fingerprint density at radius 3 is 2.30 bits per heavy atom. The van der Waals surface area contributed by atoms with Crippen LogP contribution < -0.4 is 9.47 Å². The number of aromatic nitrogens is 1. The van der Waals surface area contributed by atoms with Crippen LogP contribution in [0, 0.1) is 0 Å². The number of nitrogens with zero attached hydrogens (tertiary/aromatic N) is 1. The molecule has 0 fully saturated rings. The molecular weight excluding hydrogens is 314 g/mol. The zero-order valence-corrected chi connectivity index (χ0v) is 13.4. The summed E-state index contributed by atoms with van der Waals surface area (Å²) in [5.41, 5.74) is 1.72. The van der Waals surface area contributed by atoms with Crippen molar-refractivity contribution in [1.29, 1.82) is 0 Å². The Morgan fingerprint density at radius 2 is 1.65 bits per heavy atom. The van der Waals surface area contributed by atoms with Crippen LogP contribution in [0.3, 0.4) is 0 Å². The molecule has 0 aliphatic carbocycles. The van der Waals surface area contributed by atoms with Gasteiger partial charge in [0.25, 0.3) is 0 Å². The summed E-state index contributed by atoms with van der Waals surface area (Å²) in [6, 6.07) is 10.2. The molecule has 1 aromatic heterocycles. The first-order chi connectivity index (χ1) is 11.1. The monoisotopic (exact) mass is 329 g/mol. The number of ether oxygens (including phenoxy) is 2. The molecule has 2 aromatic carbocycles. The molecule has 0 saturated carbocycles. The zero-order chi connectivity index (χ0) is 16.4. The van der Waals surface area contributed by atoms with E-state index in [9.17, 15) is 10.2 Å². The minimum absolute atomic E-state index is 0.00541. The van der Waals surface area contributed by atoms with E-state index < -0.39 is 0 Å². The zero-order valence-electron chi connectivity index (χ0n) is 12.6. The number of methoxy groups -OCH3 is 2. The van der Waals surface area contributed by atoms with Gasteiger partial charge in [-0.25, -0.2) is 4.98 Å². The van der Waals surface area contributed by atoms with Crippen molar-refractivity contribution >= 4 is 11.3 Å². The van der Waals surface area contributed by atoms with E-state index in [0.29, 0.717) is 22.8 Å². The third kappa shape index (κ3) is 2.80. The Balaban J connectivity index is 2.03. The predicted octanol–water partition coefficient (Wildman–Crippen LogP) is 3.91. The molecule has 23 heavy (non-hydrogen) atoms. The van der Waals surface area contributed by atoms with Crippen molar-refractivity contribution in [3.8, 4) is 44.8 Å². The third-order valence-electron chi connectivity index (χ3n) is 3.41.